The molecule has 0 radical (unpaired) electrons. The highest BCUT2D eigenvalue weighted by atomic mass is 79.9. The Morgan fingerprint density at radius 2 is 0.842 bits per heavy atom. The van der Waals surface area contributed by atoms with Crippen LogP contribution in [0.15, 0.2) is 146 Å². The molecule has 0 aliphatic heterocycles. The van der Waals surface area contributed by atoms with Crippen LogP contribution in [-0.4, -0.2) is 67.4 Å². The van der Waals surface area contributed by atoms with Crippen molar-refractivity contribution in [3.63, 3.8) is 0 Å². The molecule has 0 bridgehead atoms. The van der Waals surface area contributed by atoms with Gasteiger partial charge in [0.15, 0.2) is 0 Å². The third-order valence-electron chi connectivity index (χ3n) is 13.2. The number of amides is 3. The summed E-state index contributed by atoms with van der Waals surface area (Å²) in [7, 11) is 0. The first-order valence-electron chi connectivity index (χ1n) is 25.4. The lowest BCUT2D eigenvalue weighted by Gasteiger charge is -2.34. The van der Waals surface area contributed by atoms with Crippen molar-refractivity contribution in [3.8, 4) is 50.6 Å². The maximum absolute atomic E-state index is 11.2. The van der Waals surface area contributed by atoms with Gasteiger partial charge in [0.1, 0.15) is 30.5 Å². The monoisotopic (exact) mass is 1160 g/mol. The number of carbonyl (C=O) groups is 3. The minimum atomic E-state index is -0.425. The highest BCUT2D eigenvalue weighted by molar-refractivity contribution is 9.09. The summed E-state index contributed by atoms with van der Waals surface area (Å²) in [5.41, 5.74) is 30.3. The molecular weight excluding hydrogens is 1080 g/mol. The third kappa shape index (κ3) is 22.5. The minimum Gasteiger partial charge on any atom is -0.493 e. The lowest BCUT2D eigenvalue weighted by atomic mass is 9.75. The van der Waals surface area contributed by atoms with Crippen molar-refractivity contribution < 1.29 is 28.6 Å². The summed E-state index contributed by atoms with van der Waals surface area (Å²) in [6.45, 7) is 12.0. The van der Waals surface area contributed by atoms with Gasteiger partial charge in [-0.05, 0) is 168 Å². The summed E-state index contributed by atoms with van der Waals surface area (Å²) in [5, 5.41) is 4.42. The quantitative estimate of drug-likeness (QED) is 0.0439. The Morgan fingerprint density at radius 3 is 1.16 bits per heavy atom. The minimum absolute atomic E-state index is 0. The van der Waals surface area contributed by atoms with E-state index in [0.717, 1.165) is 62.5 Å². The van der Waals surface area contributed by atoms with Gasteiger partial charge in [-0.1, -0.05) is 116 Å². The van der Waals surface area contributed by atoms with Crippen molar-refractivity contribution in [2.24, 2.45) is 33.8 Å². The third-order valence-corrected chi connectivity index (χ3v) is 13.7. The fourth-order valence-corrected chi connectivity index (χ4v) is 8.79. The molecule has 2 aliphatic carbocycles. The number of carbonyl (C=O) groups excluding carboxylic acids is 3. The van der Waals surface area contributed by atoms with E-state index in [0.29, 0.717) is 65.3 Å². The van der Waals surface area contributed by atoms with Gasteiger partial charge >= 0.3 is 0 Å². The van der Waals surface area contributed by atoms with Gasteiger partial charge in [-0.3, -0.25) is 14.4 Å². The first-order valence-corrected chi connectivity index (χ1v) is 27.1. The molecule has 2 aliphatic rings. The molecule has 6 aromatic carbocycles. The van der Waals surface area contributed by atoms with E-state index in [-0.39, 0.29) is 24.8 Å². The van der Waals surface area contributed by atoms with Crippen LogP contribution in [0.5, 0.6) is 17.2 Å². The van der Waals surface area contributed by atoms with Gasteiger partial charge in [-0.2, -0.15) is 0 Å². The Labute approximate surface area is 476 Å². The Morgan fingerprint density at radius 1 is 0.513 bits per heavy atom. The average Bonchev–Trinajstić information content (AvgIpc) is 3.41. The summed E-state index contributed by atoms with van der Waals surface area (Å²) in [4.78, 5) is 33.2. The molecule has 2 fully saturated rings. The Kier molecular flexibility index (Phi) is 28.0. The second-order valence-electron chi connectivity index (χ2n) is 20.2. The predicted molar refractivity (Wildman–Crippen MR) is 321 cm³/mol. The SMILES string of the molecule is CC1(C)CCC(N)CC1.CC1(C)CCC(NCCOc2cccc(-c3ccc(C(N)=O)cc3)c2)CC1.Cl.Cl.NC(=O)c1ccc(-c2cccc(OCCBr)c2)cc1.NC(=O)c1ccc(-c2cccc(OCCCl)c2)cc1. The molecule has 0 atom stereocenters. The fourth-order valence-electron chi connectivity index (χ4n) is 8.55. The summed E-state index contributed by atoms with van der Waals surface area (Å²) in [6, 6.07) is 46.4. The smallest absolute Gasteiger partial charge is 0.248 e. The zero-order valence-corrected chi connectivity index (χ0v) is 48.2. The maximum Gasteiger partial charge on any atom is 0.248 e. The van der Waals surface area contributed by atoms with Gasteiger partial charge in [-0.15, -0.1) is 36.4 Å². The second kappa shape index (κ2) is 32.9. The zero-order chi connectivity index (χ0) is 53.5. The van der Waals surface area contributed by atoms with Crippen LogP contribution in [0.3, 0.4) is 0 Å². The Balaban J connectivity index is 0.000000278. The highest BCUT2D eigenvalue weighted by Crippen LogP contribution is 2.36. The van der Waals surface area contributed by atoms with Crippen LogP contribution in [0.4, 0.5) is 0 Å². The van der Waals surface area contributed by atoms with E-state index in [4.69, 9.17) is 48.7 Å². The van der Waals surface area contributed by atoms with Crippen LogP contribution in [0.25, 0.3) is 33.4 Å². The lowest BCUT2D eigenvalue weighted by molar-refractivity contribution is 0.0992. The number of rotatable bonds is 17. The molecule has 0 aromatic heterocycles. The summed E-state index contributed by atoms with van der Waals surface area (Å²) in [5.74, 6) is 1.67. The zero-order valence-electron chi connectivity index (χ0n) is 44.2. The first-order chi connectivity index (χ1) is 35.4. The lowest BCUT2D eigenvalue weighted by Crippen LogP contribution is -2.37. The second-order valence-corrected chi connectivity index (χ2v) is 21.4. The standard InChI is InChI=1S/C23H30N2O2.C15H14BrNO2.C15H14ClNO2.C8H17N.2ClH/c1-23(2)12-10-20(11-13-23)25-14-15-27-21-5-3-4-19(16-21)17-6-8-18(9-7-17)22(24)26;2*16-8-9-19-14-3-1-2-13(10-14)11-4-6-12(7-5-11)15(17)18;1-8(2)5-3-7(9)4-6-8;;/h3-9,16,20,25H,10-15H2,1-2H3,(H2,24,26);2*1-7,10H,8-9H2,(H2,17,18);7H,3-6,9H2,1-2H3;2*1H. The van der Waals surface area contributed by atoms with E-state index < -0.39 is 17.7 Å². The molecule has 0 spiro atoms. The van der Waals surface area contributed by atoms with E-state index in [2.05, 4.69) is 48.9 Å². The van der Waals surface area contributed by atoms with Gasteiger partial charge in [0.25, 0.3) is 0 Å². The Bertz CT molecular complexity index is 2570. The van der Waals surface area contributed by atoms with Crippen LogP contribution in [0.1, 0.15) is 110 Å². The van der Waals surface area contributed by atoms with Gasteiger partial charge in [0, 0.05) is 40.6 Å². The average molecular weight is 1160 g/mol. The van der Waals surface area contributed by atoms with E-state index >= 15 is 0 Å². The maximum atomic E-state index is 11.2. The number of hydrogen-bond donors (Lipinski definition) is 5. The van der Waals surface area contributed by atoms with E-state index in [1.54, 1.807) is 36.4 Å². The van der Waals surface area contributed by atoms with Gasteiger partial charge in [0.05, 0.1) is 12.5 Å². The van der Waals surface area contributed by atoms with Crippen molar-refractivity contribution in [3.05, 3.63) is 162 Å². The number of primary amides is 3. The molecule has 410 valence electrons. The molecule has 6 aromatic rings. The molecule has 11 nitrogen and oxygen atoms in total. The van der Waals surface area contributed by atoms with Gasteiger partial charge in [-0.25, -0.2) is 0 Å². The number of alkyl halides is 2. The van der Waals surface area contributed by atoms with Crippen molar-refractivity contribution in [2.75, 3.05) is 37.6 Å². The van der Waals surface area contributed by atoms with E-state index in [9.17, 15) is 14.4 Å². The molecule has 0 heterocycles. The molecule has 8 rings (SSSR count). The molecule has 3 amide bonds. The van der Waals surface area contributed by atoms with Crippen LogP contribution in [0.2, 0.25) is 0 Å². The number of benzene rings is 6. The number of halogens is 4. The van der Waals surface area contributed by atoms with Crippen molar-refractivity contribution in [1.82, 2.24) is 5.32 Å². The summed E-state index contributed by atoms with van der Waals surface area (Å²) < 4.78 is 17.0. The highest BCUT2D eigenvalue weighted by Gasteiger charge is 2.26. The van der Waals surface area contributed by atoms with Crippen LogP contribution >= 0.6 is 52.3 Å². The molecule has 0 unspecified atom stereocenters. The number of nitrogens with one attached hydrogen (secondary N) is 1. The van der Waals surface area contributed by atoms with Crippen molar-refractivity contribution in [2.45, 2.75) is 91.1 Å². The molecule has 15 heteroatoms. The van der Waals surface area contributed by atoms with Crippen LogP contribution in [-0.2, 0) is 0 Å². The number of hydrogen-bond acceptors (Lipinski definition) is 8. The predicted octanol–water partition coefficient (Wildman–Crippen LogP) is 13.4. The van der Waals surface area contributed by atoms with Gasteiger partial charge in [0.2, 0.25) is 17.7 Å². The summed E-state index contributed by atoms with van der Waals surface area (Å²) >= 11 is 8.91. The van der Waals surface area contributed by atoms with E-state index in [1.165, 1.54) is 51.4 Å². The number of ether oxygens (including phenoxy) is 3. The summed E-state index contributed by atoms with van der Waals surface area (Å²) in [6.07, 6.45) is 10.2. The fraction of sp³-hybridized carbons (Fsp3) is 0.361. The Hall–Kier alpha value is -5.60. The first kappa shape index (κ1) is 64.7. The van der Waals surface area contributed by atoms with E-state index in [1.807, 2.05) is 109 Å². The number of nitrogens with two attached hydrogens (primary N) is 4. The molecule has 76 heavy (non-hydrogen) atoms. The molecular formula is C61H77BrCl3N5O6. The molecule has 9 N–H and O–H groups in total. The van der Waals surface area contributed by atoms with Crippen molar-refractivity contribution in [1.29, 1.82) is 0 Å². The topological polar surface area (TPSA) is 195 Å². The molecule has 0 saturated heterocycles. The largest absolute Gasteiger partial charge is 0.493 e. The van der Waals surface area contributed by atoms with Gasteiger partial charge < -0.3 is 42.5 Å². The van der Waals surface area contributed by atoms with Crippen LogP contribution in [0, 0.1) is 10.8 Å². The normalized spacial score (nSPS) is 14.4. The molecule has 2 saturated carbocycles. The van der Waals surface area contributed by atoms with Crippen molar-refractivity contribution >= 4 is 70.1 Å². The van der Waals surface area contributed by atoms with Crippen LogP contribution < -0.4 is 42.5 Å².